The summed E-state index contributed by atoms with van der Waals surface area (Å²) in [5, 5.41) is 6.90. The molecule has 0 bridgehead atoms. The van der Waals surface area contributed by atoms with Crippen LogP contribution in [0.25, 0.3) is 0 Å². The highest BCUT2D eigenvalue weighted by Crippen LogP contribution is 2.16. The molecule has 3 aromatic carbocycles. The van der Waals surface area contributed by atoms with Crippen LogP contribution in [0.3, 0.4) is 0 Å². The van der Waals surface area contributed by atoms with Crippen LogP contribution < -0.4 is 15.5 Å². The molecule has 0 fully saturated rings. The van der Waals surface area contributed by atoms with Crippen molar-refractivity contribution in [1.29, 1.82) is 0 Å². The second-order valence-electron chi connectivity index (χ2n) is 6.40. The van der Waals surface area contributed by atoms with E-state index in [9.17, 15) is 9.59 Å². The molecule has 6 nitrogen and oxygen atoms in total. The van der Waals surface area contributed by atoms with Gasteiger partial charge in [0, 0.05) is 10.7 Å². The molecule has 3 rings (SSSR count). The fraction of sp³-hybridized carbons (Fsp3) is 0.0870. The monoisotopic (exact) mass is 421 g/mol. The second-order valence-corrected chi connectivity index (χ2v) is 6.84. The quantitative estimate of drug-likeness (QED) is 0.351. The minimum atomic E-state index is -0.878. The molecule has 0 saturated carbocycles. The molecule has 0 aromatic heterocycles. The van der Waals surface area contributed by atoms with Gasteiger partial charge in [-0.2, -0.15) is 5.10 Å². The molecule has 30 heavy (non-hydrogen) atoms. The summed E-state index contributed by atoms with van der Waals surface area (Å²) in [6.07, 6.45) is 0. The summed E-state index contributed by atoms with van der Waals surface area (Å²) in [5.41, 5.74) is 5.10. The fourth-order valence-electron chi connectivity index (χ4n) is 2.54. The number of amides is 2. The largest absolute Gasteiger partial charge is 0.489 e. The van der Waals surface area contributed by atoms with Crippen LogP contribution >= 0.6 is 11.6 Å². The van der Waals surface area contributed by atoms with Gasteiger partial charge in [0.2, 0.25) is 0 Å². The van der Waals surface area contributed by atoms with Gasteiger partial charge in [-0.05, 0) is 60.5 Å². The summed E-state index contributed by atoms with van der Waals surface area (Å²) < 4.78 is 5.75. The van der Waals surface area contributed by atoms with Gasteiger partial charge in [0.05, 0.1) is 5.71 Å². The highest BCUT2D eigenvalue weighted by molar-refractivity contribution is 6.39. The maximum atomic E-state index is 12.0. The fourth-order valence-corrected chi connectivity index (χ4v) is 2.73. The molecule has 0 radical (unpaired) electrons. The van der Waals surface area contributed by atoms with Gasteiger partial charge in [-0.15, -0.1) is 0 Å². The predicted octanol–water partition coefficient (Wildman–Crippen LogP) is 4.40. The van der Waals surface area contributed by atoms with Crippen LogP contribution in [0.15, 0.2) is 84.0 Å². The Morgan fingerprint density at radius 3 is 2.37 bits per heavy atom. The van der Waals surface area contributed by atoms with E-state index in [1.165, 1.54) is 0 Å². The molecule has 0 spiro atoms. The summed E-state index contributed by atoms with van der Waals surface area (Å²) in [6.45, 7) is 2.21. The van der Waals surface area contributed by atoms with Crippen molar-refractivity contribution in [1.82, 2.24) is 5.43 Å². The minimum absolute atomic E-state index is 0.425. The van der Waals surface area contributed by atoms with Crippen LogP contribution in [0.1, 0.15) is 18.1 Å². The molecular weight excluding hydrogens is 402 g/mol. The number of benzene rings is 3. The smallest absolute Gasteiger partial charge is 0.329 e. The van der Waals surface area contributed by atoms with Crippen molar-refractivity contribution < 1.29 is 14.3 Å². The number of nitrogens with zero attached hydrogens (tertiary/aromatic N) is 1. The molecule has 152 valence electrons. The van der Waals surface area contributed by atoms with Gasteiger partial charge in [0.1, 0.15) is 12.4 Å². The summed E-state index contributed by atoms with van der Waals surface area (Å²) in [5.74, 6) is -0.990. The number of carbonyl (C=O) groups excluding carboxylic acids is 2. The zero-order chi connectivity index (χ0) is 21.3. The number of carbonyl (C=O) groups is 2. The number of anilines is 1. The number of ether oxygens (including phenoxy) is 1. The lowest BCUT2D eigenvalue weighted by Gasteiger charge is -2.08. The number of halogens is 1. The van der Waals surface area contributed by atoms with E-state index in [4.69, 9.17) is 16.3 Å². The van der Waals surface area contributed by atoms with E-state index >= 15 is 0 Å². The zero-order valence-corrected chi connectivity index (χ0v) is 17.0. The lowest BCUT2D eigenvalue weighted by atomic mass is 10.1. The molecule has 0 saturated heterocycles. The Balaban J connectivity index is 1.53. The second kappa shape index (κ2) is 10.2. The first-order valence-electron chi connectivity index (χ1n) is 9.19. The van der Waals surface area contributed by atoms with Crippen LogP contribution in [0.4, 0.5) is 5.69 Å². The molecule has 0 heterocycles. The van der Waals surface area contributed by atoms with E-state index in [0.29, 0.717) is 23.0 Å². The number of hydrogen-bond acceptors (Lipinski definition) is 4. The normalized spacial score (nSPS) is 10.9. The number of nitrogens with one attached hydrogen (secondary N) is 2. The average molecular weight is 422 g/mol. The van der Waals surface area contributed by atoms with Crippen molar-refractivity contribution in [3.05, 3.63) is 95.0 Å². The summed E-state index contributed by atoms with van der Waals surface area (Å²) in [6, 6.07) is 23.7. The Hall–Kier alpha value is -3.64. The van der Waals surface area contributed by atoms with E-state index < -0.39 is 11.8 Å². The van der Waals surface area contributed by atoms with E-state index in [2.05, 4.69) is 15.8 Å². The molecule has 3 aromatic rings. The van der Waals surface area contributed by atoms with E-state index in [-0.39, 0.29) is 0 Å². The van der Waals surface area contributed by atoms with E-state index in [0.717, 1.165) is 16.9 Å². The van der Waals surface area contributed by atoms with E-state index in [1.54, 1.807) is 31.2 Å². The molecular formula is C23H20ClN3O3. The van der Waals surface area contributed by atoms with Crippen molar-refractivity contribution in [2.24, 2.45) is 5.10 Å². The first-order valence-corrected chi connectivity index (χ1v) is 9.57. The number of rotatable bonds is 6. The molecule has 0 aliphatic carbocycles. The zero-order valence-electron chi connectivity index (χ0n) is 16.3. The molecule has 0 aliphatic rings. The maximum Gasteiger partial charge on any atom is 0.329 e. The van der Waals surface area contributed by atoms with Gasteiger partial charge in [-0.3, -0.25) is 9.59 Å². The lowest BCUT2D eigenvalue weighted by molar-refractivity contribution is -0.136. The topological polar surface area (TPSA) is 79.8 Å². The highest BCUT2D eigenvalue weighted by atomic mass is 35.5. The number of hydrazone groups is 1. The first-order chi connectivity index (χ1) is 14.5. The van der Waals surface area contributed by atoms with Crippen LogP contribution in [-0.4, -0.2) is 17.5 Å². The van der Waals surface area contributed by atoms with Gasteiger partial charge >= 0.3 is 11.8 Å². The Labute approximate surface area is 179 Å². The predicted molar refractivity (Wildman–Crippen MR) is 118 cm³/mol. The Morgan fingerprint density at radius 1 is 0.933 bits per heavy atom. The molecule has 2 N–H and O–H groups in total. The molecule has 2 amide bonds. The summed E-state index contributed by atoms with van der Waals surface area (Å²) >= 11 is 5.86. The molecule has 0 unspecified atom stereocenters. The third kappa shape index (κ3) is 6.18. The van der Waals surface area contributed by atoms with E-state index in [1.807, 2.05) is 54.6 Å². The molecule has 0 atom stereocenters. The van der Waals surface area contributed by atoms with Crippen LogP contribution in [0, 0.1) is 0 Å². The Kier molecular flexibility index (Phi) is 7.19. The van der Waals surface area contributed by atoms with Crippen molar-refractivity contribution in [2.45, 2.75) is 13.5 Å². The number of hydrogen-bond donors (Lipinski definition) is 2. The molecule has 7 heteroatoms. The minimum Gasteiger partial charge on any atom is -0.489 e. The van der Waals surface area contributed by atoms with Crippen molar-refractivity contribution in [3.8, 4) is 5.75 Å². The van der Waals surface area contributed by atoms with Gasteiger partial charge in [0.25, 0.3) is 0 Å². The third-order valence-corrected chi connectivity index (χ3v) is 4.37. The van der Waals surface area contributed by atoms with Gasteiger partial charge in [0.15, 0.2) is 0 Å². The SMILES string of the molecule is CC(=NNC(=O)C(=O)Nc1cccc(Cl)c1)c1ccc(OCc2ccccc2)cc1. The van der Waals surface area contributed by atoms with Crippen LogP contribution in [-0.2, 0) is 16.2 Å². The highest BCUT2D eigenvalue weighted by Gasteiger charge is 2.13. The maximum absolute atomic E-state index is 12.0. The standard InChI is InChI=1S/C23H20ClN3O3/c1-16(26-27-23(29)22(28)25-20-9-5-8-19(24)14-20)18-10-12-21(13-11-18)30-15-17-6-3-2-4-7-17/h2-14H,15H2,1H3,(H,25,28)(H,27,29). The van der Waals surface area contributed by atoms with Crippen molar-refractivity contribution >= 4 is 34.8 Å². The lowest BCUT2D eigenvalue weighted by Crippen LogP contribution is -2.32. The van der Waals surface area contributed by atoms with Crippen LogP contribution in [0.2, 0.25) is 5.02 Å². The van der Waals surface area contributed by atoms with Gasteiger partial charge < -0.3 is 10.1 Å². The summed E-state index contributed by atoms with van der Waals surface area (Å²) in [4.78, 5) is 23.9. The van der Waals surface area contributed by atoms with Crippen LogP contribution in [0.5, 0.6) is 5.75 Å². The van der Waals surface area contributed by atoms with Gasteiger partial charge in [-0.25, -0.2) is 5.43 Å². The van der Waals surface area contributed by atoms with Crippen molar-refractivity contribution in [2.75, 3.05) is 5.32 Å². The third-order valence-electron chi connectivity index (χ3n) is 4.13. The van der Waals surface area contributed by atoms with Gasteiger partial charge in [-0.1, -0.05) is 48.0 Å². The Morgan fingerprint density at radius 2 is 1.67 bits per heavy atom. The average Bonchev–Trinajstić information content (AvgIpc) is 2.77. The molecule has 0 aliphatic heterocycles. The van der Waals surface area contributed by atoms with Crippen molar-refractivity contribution in [3.63, 3.8) is 0 Å². The summed E-state index contributed by atoms with van der Waals surface area (Å²) in [7, 11) is 0. The Bertz CT molecular complexity index is 1050. The first kappa shape index (κ1) is 21.1.